The number of benzene rings is 1. The van der Waals surface area contributed by atoms with Crippen LogP contribution in [0.4, 0.5) is 10.1 Å². The normalized spacial score (nSPS) is 19.6. The zero-order valence-electron chi connectivity index (χ0n) is 13.2. The van der Waals surface area contributed by atoms with Crippen molar-refractivity contribution in [2.45, 2.75) is 52.6 Å². The van der Waals surface area contributed by atoms with Crippen molar-refractivity contribution in [3.63, 3.8) is 0 Å². The zero-order chi connectivity index (χ0) is 14.8. The predicted octanol–water partition coefficient (Wildman–Crippen LogP) is 3.95. The van der Waals surface area contributed by atoms with Crippen LogP contribution in [-0.2, 0) is 6.54 Å². The second-order valence-electron chi connectivity index (χ2n) is 6.86. The largest absolute Gasteiger partial charge is 0.369 e. The molecule has 1 aliphatic rings. The lowest BCUT2D eigenvalue weighted by molar-refractivity contribution is 0.423. The van der Waals surface area contributed by atoms with E-state index in [-0.39, 0.29) is 11.4 Å². The lowest BCUT2D eigenvalue weighted by atomic mass is 10.1. The molecule has 1 aliphatic heterocycles. The Morgan fingerprint density at radius 2 is 2.10 bits per heavy atom. The first kappa shape index (κ1) is 15.3. The molecule has 1 unspecified atom stereocenters. The fraction of sp³-hybridized carbons (Fsp3) is 0.647. The summed E-state index contributed by atoms with van der Waals surface area (Å²) in [6.07, 6.45) is 2.36. The maximum atomic E-state index is 14.3. The van der Waals surface area contributed by atoms with Crippen molar-refractivity contribution in [3.8, 4) is 0 Å². The molecular formula is C17H27FN2. The van der Waals surface area contributed by atoms with Crippen molar-refractivity contribution in [1.82, 2.24) is 5.32 Å². The van der Waals surface area contributed by atoms with E-state index >= 15 is 0 Å². The van der Waals surface area contributed by atoms with Crippen molar-refractivity contribution in [2.75, 3.05) is 18.0 Å². The Morgan fingerprint density at radius 3 is 2.70 bits per heavy atom. The third-order valence-corrected chi connectivity index (χ3v) is 4.06. The highest BCUT2D eigenvalue weighted by atomic mass is 19.1. The van der Waals surface area contributed by atoms with E-state index < -0.39 is 0 Å². The molecule has 2 rings (SSSR count). The summed E-state index contributed by atoms with van der Waals surface area (Å²) in [5.74, 6) is 0.619. The van der Waals surface area contributed by atoms with Crippen LogP contribution in [0.15, 0.2) is 18.2 Å². The van der Waals surface area contributed by atoms with E-state index in [1.807, 2.05) is 12.1 Å². The molecule has 0 spiro atoms. The van der Waals surface area contributed by atoms with Gasteiger partial charge in [-0.3, -0.25) is 0 Å². The number of para-hydroxylation sites is 1. The molecule has 0 aromatic heterocycles. The highest BCUT2D eigenvalue weighted by Crippen LogP contribution is 2.31. The summed E-state index contributed by atoms with van der Waals surface area (Å²) < 4.78 is 14.3. The molecule has 1 aromatic carbocycles. The Labute approximate surface area is 122 Å². The summed E-state index contributed by atoms with van der Waals surface area (Å²) in [6, 6.07) is 5.43. The Balaban J connectivity index is 2.19. The third kappa shape index (κ3) is 3.72. The molecular weight excluding hydrogens is 251 g/mol. The maximum Gasteiger partial charge on any atom is 0.146 e. The monoisotopic (exact) mass is 278 g/mol. The Hall–Kier alpha value is -1.09. The quantitative estimate of drug-likeness (QED) is 0.897. The van der Waals surface area contributed by atoms with Gasteiger partial charge in [-0.25, -0.2) is 4.39 Å². The molecule has 1 atom stereocenters. The molecule has 3 heteroatoms. The van der Waals surface area contributed by atoms with Gasteiger partial charge in [0.25, 0.3) is 0 Å². The number of rotatable bonds is 4. The second kappa shape index (κ2) is 6.13. The van der Waals surface area contributed by atoms with Crippen LogP contribution in [0.1, 0.15) is 46.1 Å². The van der Waals surface area contributed by atoms with Gasteiger partial charge in [0.2, 0.25) is 0 Å². The number of nitrogens with one attached hydrogen (secondary N) is 1. The summed E-state index contributed by atoms with van der Waals surface area (Å²) in [6.45, 7) is 11.3. The van der Waals surface area contributed by atoms with Crippen molar-refractivity contribution in [3.05, 3.63) is 29.6 Å². The molecule has 0 amide bonds. The van der Waals surface area contributed by atoms with Gasteiger partial charge in [0, 0.05) is 25.2 Å². The number of hydrogen-bond donors (Lipinski definition) is 1. The molecule has 0 radical (unpaired) electrons. The lowest BCUT2D eigenvalue weighted by Crippen LogP contribution is -2.35. The number of halogens is 1. The summed E-state index contributed by atoms with van der Waals surface area (Å²) in [5, 5.41) is 3.46. The summed E-state index contributed by atoms with van der Waals surface area (Å²) in [5.41, 5.74) is 1.91. The molecule has 112 valence electrons. The van der Waals surface area contributed by atoms with Gasteiger partial charge in [0.15, 0.2) is 0 Å². The molecule has 0 aliphatic carbocycles. The summed E-state index contributed by atoms with van der Waals surface area (Å²) >= 11 is 0. The number of hydrogen-bond acceptors (Lipinski definition) is 2. The van der Waals surface area contributed by atoms with Crippen molar-refractivity contribution in [2.24, 2.45) is 5.92 Å². The van der Waals surface area contributed by atoms with Gasteiger partial charge >= 0.3 is 0 Å². The minimum absolute atomic E-state index is 0.0422. The van der Waals surface area contributed by atoms with Crippen LogP contribution in [-0.4, -0.2) is 18.6 Å². The minimum Gasteiger partial charge on any atom is -0.369 e. The highest BCUT2D eigenvalue weighted by Gasteiger charge is 2.25. The van der Waals surface area contributed by atoms with Crippen molar-refractivity contribution < 1.29 is 4.39 Å². The van der Waals surface area contributed by atoms with E-state index in [1.165, 1.54) is 12.8 Å². The van der Waals surface area contributed by atoms with Crippen molar-refractivity contribution >= 4 is 5.69 Å². The van der Waals surface area contributed by atoms with Crippen LogP contribution in [0.2, 0.25) is 0 Å². The first-order valence-corrected chi connectivity index (χ1v) is 7.68. The predicted molar refractivity (Wildman–Crippen MR) is 83.6 cm³/mol. The van der Waals surface area contributed by atoms with Gasteiger partial charge in [-0.1, -0.05) is 25.5 Å². The van der Waals surface area contributed by atoms with Crippen LogP contribution in [0.3, 0.4) is 0 Å². The van der Waals surface area contributed by atoms with Crippen LogP contribution in [0, 0.1) is 11.7 Å². The molecule has 1 heterocycles. The van der Waals surface area contributed by atoms with E-state index in [0.717, 1.165) is 24.3 Å². The lowest BCUT2D eigenvalue weighted by Gasteiger charge is -2.26. The molecule has 0 saturated carbocycles. The van der Waals surface area contributed by atoms with Gasteiger partial charge in [0.05, 0.1) is 5.69 Å². The zero-order valence-corrected chi connectivity index (χ0v) is 13.2. The van der Waals surface area contributed by atoms with Gasteiger partial charge in [-0.2, -0.15) is 0 Å². The van der Waals surface area contributed by atoms with Crippen LogP contribution < -0.4 is 10.2 Å². The SMILES string of the molecule is CCC1CCN(c2c(F)cccc2CNC(C)(C)C)C1. The van der Waals surface area contributed by atoms with Gasteiger partial charge in [0.1, 0.15) is 5.82 Å². The standard InChI is InChI=1S/C17H27FN2/c1-5-13-9-10-20(12-13)16-14(7-6-8-15(16)18)11-19-17(2,3)4/h6-8,13,19H,5,9-12H2,1-4H3. The Kier molecular flexibility index (Phi) is 4.69. The van der Waals surface area contributed by atoms with E-state index in [0.29, 0.717) is 12.5 Å². The van der Waals surface area contributed by atoms with Gasteiger partial charge in [-0.05, 0) is 44.7 Å². The smallest absolute Gasteiger partial charge is 0.146 e. The molecule has 20 heavy (non-hydrogen) atoms. The fourth-order valence-electron chi connectivity index (χ4n) is 2.79. The van der Waals surface area contributed by atoms with Crippen LogP contribution in [0.5, 0.6) is 0 Å². The van der Waals surface area contributed by atoms with Gasteiger partial charge < -0.3 is 10.2 Å². The maximum absolute atomic E-state index is 14.3. The molecule has 2 nitrogen and oxygen atoms in total. The first-order chi connectivity index (χ1) is 9.40. The molecule has 1 aromatic rings. The van der Waals surface area contributed by atoms with Crippen LogP contribution >= 0.6 is 0 Å². The van der Waals surface area contributed by atoms with Crippen molar-refractivity contribution in [1.29, 1.82) is 0 Å². The summed E-state index contributed by atoms with van der Waals surface area (Å²) in [7, 11) is 0. The average molecular weight is 278 g/mol. The van der Waals surface area contributed by atoms with E-state index in [2.05, 4.69) is 37.9 Å². The minimum atomic E-state index is -0.0880. The second-order valence-corrected chi connectivity index (χ2v) is 6.86. The Bertz CT molecular complexity index is 451. The van der Waals surface area contributed by atoms with Crippen LogP contribution in [0.25, 0.3) is 0 Å². The third-order valence-electron chi connectivity index (χ3n) is 4.06. The fourth-order valence-corrected chi connectivity index (χ4v) is 2.79. The van der Waals surface area contributed by atoms with E-state index in [1.54, 1.807) is 6.07 Å². The molecule has 1 fully saturated rings. The van der Waals surface area contributed by atoms with Gasteiger partial charge in [-0.15, -0.1) is 0 Å². The molecule has 1 saturated heterocycles. The summed E-state index contributed by atoms with van der Waals surface area (Å²) in [4.78, 5) is 2.23. The molecule has 0 bridgehead atoms. The Morgan fingerprint density at radius 1 is 1.35 bits per heavy atom. The number of nitrogens with zero attached hydrogens (tertiary/aromatic N) is 1. The highest BCUT2D eigenvalue weighted by molar-refractivity contribution is 5.55. The topological polar surface area (TPSA) is 15.3 Å². The average Bonchev–Trinajstić information content (AvgIpc) is 2.84. The molecule has 1 N–H and O–H groups in total. The van der Waals surface area contributed by atoms with E-state index in [4.69, 9.17) is 0 Å². The van der Waals surface area contributed by atoms with E-state index in [9.17, 15) is 4.39 Å². The number of anilines is 1. The first-order valence-electron chi connectivity index (χ1n) is 7.68.